The van der Waals surface area contributed by atoms with E-state index < -0.39 is 5.41 Å². The van der Waals surface area contributed by atoms with Crippen LogP contribution in [-0.4, -0.2) is 84.3 Å². The Kier molecular flexibility index (Phi) is 6.40. The second-order valence-electron chi connectivity index (χ2n) is 16.7. The zero-order chi connectivity index (χ0) is 34.3. The molecule has 2 aromatic carbocycles. The lowest BCUT2D eigenvalue weighted by Crippen LogP contribution is -2.79. The summed E-state index contributed by atoms with van der Waals surface area (Å²) in [5, 5.41) is 2.48. The Morgan fingerprint density at radius 1 is 1.02 bits per heavy atom. The van der Waals surface area contributed by atoms with E-state index in [1.54, 1.807) is 14.2 Å². The second-order valence-corrected chi connectivity index (χ2v) is 16.7. The molecule has 2 unspecified atom stereocenters. The summed E-state index contributed by atoms with van der Waals surface area (Å²) in [5.74, 6) is 0.716. The van der Waals surface area contributed by atoms with Crippen molar-refractivity contribution in [1.82, 2.24) is 14.9 Å². The third-order valence-electron chi connectivity index (χ3n) is 15.1. The van der Waals surface area contributed by atoms with Crippen molar-refractivity contribution in [2.75, 3.05) is 40.9 Å². The number of rotatable bonds is 4. The maximum absolute atomic E-state index is 14.2. The number of methoxy groups -OCH3 is 2. The fourth-order valence-electron chi connectivity index (χ4n) is 13.2. The van der Waals surface area contributed by atoms with Gasteiger partial charge in [-0.3, -0.25) is 14.5 Å². The molecular weight excluding hydrogens is 624 g/mol. The van der Waals surface area contributed by atoms with E-state index in [-0.39, 0.29) is 41.4 Å². The van der Waals surface area contributed by atoms with Crippen molar-refractivity contribution >= 4 is 33.7 Å². The molecule has 4 aromatic rings. The van der Waals surface area contributed by atoms with Crippen molar-refractivity contribution in [2.24, 2.45) is 23.7 Å². The summed E-state index contributed by atoms with van der Waals surface area (Å²) in [6.07, 6.45) is 7.97. The van der Waals surface area contributed by atoms with E-state index in [2.05, 4.69) is 84.3 Å². The van der Waals surface area contributed by atoms with Gasteiger partial charge >= 0.3 is 11.9 Å². The highest BCUT2D eigenvalue weighted by molar-refractivity contribution is 5.93. The Labute approximate surface area is 293 Å². The average molecular weight is 674 g/mol. The van der Waals surface area contributed by atoms with Crippen LogP contribution in [0.4, 0.5) is 0 Å². The monoisotopic (exact) mass is 673 g/mol. The van der Waals surface area contributed by atoms with E-state index in [4.69, 9.17) is 9.47 Å². The summed E-state index contributed by atoms with van der Waals surface area (Å²) in [6, 6.07) is 16.0. The van der Waals surface area contributed by atoms with Crippen molar-refractivity contribution in [2.45, 2.75) is 75.4 Å². The number of H-pyrrole nitrogens is 2. The van der Waals surface area contributed by atoms with Crippen molar-refractivity contribution in [3.8, 4) is 0 Å². The molecule has 1 saturated carbocycles. The maximum Gasteiger partial charge on any atom is 0.319 e. The summed E-state index contributed by atoms with van der Waals surface area (Å²) in [5.41, 5.74) is 8.87. The average Bonchev–Trinajstić information content (AvgIpc) is 3.68. The third kappa shape index (κ3) is 3.50. The van der Waals surface area contributed by atoms with Crippen LogP contribution in [0, 0.1) is 23.7 Å². The van der Waals surface area contributed by atoms with Crippen LogP contribution in [0.15, 0.2) is 54.1 Å². The van der Waals surface area contributed by atoms with Crippen molar-refractivity contribution in [3.63, 3.8) is 0 Å². The highest BCUT2D eigenvalue weighted by Crippen LogP contribution is 2.64. The van der Waals surface area contributed by atoms with Crippen molar-refractivity contribution in [3.05, 3.63) is 82.2 Å². The van der Waals surface area contributed by atoms with Gasteiger partial charge in [0.1, 0.15) is 23.9 Å². The fourth-order valence-corrected chi connectivity index (χ4v) is 13.2. The summed E-state index contributed by atoms with van der Waals surface area (Å²) >= 11 is 0. The number of allylic oxidation sites excluding steroid dienone is 1. The van der Waals surface area contributed by atoms with Crippen LogP contribution in [0.3, 0.4) is 0 Å². The van der Waals surface area contributed by atoms with Crippen LogP contribution < -0.4 is 0 Å². The number of ether oxygens (including phenoxy) is 2. The number of hydrogen-bond acceptors (Lipinski definition) is 5. The first kappa shape index (κ1) is 30.9. The number of piperidine rings is 5. The Morgan fingerprint density at radius 3 is 2.60 bits per heavy atom. The first-order valence-electron chi connectivity index (χ1n) is 18.9. The minimum atomic E-state index is -0.680. The van der Waals surface area contributed by atoms with E-state index in [1.165, 1.54) is 45.2 Å². The molecule has 1 aliphatic carbocycles. The predicted molar refractivity (Wildman–Crippen MR) is 193 cm³/mol. The zero-order valence-corrected chi connectivity index (χ0v) is 30.0. The lowest BCUT2D eigenvalue weighted by molar-refractivity contribution is -0.997. The molecule has 8 nitrogen and oxygen atoms in total. The molecule has 8 aliphatic rings. The number of likely N-dealkylation sites (N-methyl/N-ethyl adjacent to an activating group) is 1. The third-order valence-corrected chi connectivity index (χ3v) is 15.1. The highest BCUT2D eigenvalue weighted by Gasteiger charge is 2.72. The van der Waals surface area contributed by atoms with Gasteiger partial charge in [-0.1, -0.05) is 49.8 Å². The van der Waals surface area contributed by atoms with E-state index >= 15 is 0 Å². The van der Waals surface area contributed by atoms with Crippen molar-refractivity contribution in [1.29, 1.82) is 0 Å². The zero-order valence-electron chi connectivity index (χ0n) is 30.0. The fraction of sp³-hybridized carbons (Fsp3) is 0.524. The van der Waals surface area contributed by atoms with Gasteiger partial charge in [0.05, 0.1) is 27.0 Å². The highest BCUT2D eigenvalue weighted by atomic mass is 16.5. The SMILES string of the molecule is C/C=C1/C[N+]2(C)[C@@H]3Cc4c([nH]c5ccccc45)[C@]2(c2ccc4c5c([nH]c4c2)[C@]2(C(=O)OC)C[C@H]4C[C@H](CC)[C@@H]2N(CC5)C4)C[C@H]1[C@H]3C(=O)OC. The molecule has 260 valence electrons. The quantitative estimate of drug-likeness (QED) is 0.155. The van der Waals surface area contributed by atoms with Gasteiger partial charge in [-0.2, -0.15) is 0 Å². The minimum Gasteiger partial charge on any atom is -0.469 e. The first-order chi connectivity index (χ1) is 24.2. The number of para-hydroxylation sites is 1. The second kappa shape index (κ2) is 10.3. The molecule has 7 aliphatic heterocycles. The molecule has 5 saturated heterocycles. The van der Waals surface area contributed by atoms with Crippen LogP contribution in [0.25, 0.3) is 21.8 Å². The Morgan fingerprint density at radius 2 is 1.82 bits per heavy atom. The number of benzene rings is 2. The molecule has 0 radical (unpaired) electrons. The molecule has 8 bridgehead atoms. The molecule has 12 rings (SSSR count). The topological polar surface area (TPSA) is 87.4 Å². The smallest absolute Gasteiger partial charge is 0.319 e. The number of hydrogen-bond donors (Lipinski definition) is 2. The number of fused-ring (bicyclic) bond motifs is 8. The van der Waals surface area contributed by atoms with Gasteiger partial charge in [0.25, 0.3) is 0 Å². The number of carbonyl (C=O) groups is 2. The van der Waals surface area contributed by atoms with E-state index in [9.17, 15) is 9.59 Å². The van der Waals surface area contributed by atoms with Gasteiger partial charge in [0.2, 0.25) is 0 Å². The number of aromatic nitrogens is 2. The number of quaternary nitrogens is 1. The van der Waals surface area contributed by atoms with E-state index in [0.717, 1.165) is 72.9 Å². The van der Waals surface area contributed by atoms with Gasteiger partial charge in [0.15, 0.2) is 5.54 Å². The standard InChI is InChI=1S/C42H49N4O4/c1-6-24-16-23-19-41(40(48)50-5)36-29(14-15-45(21-23)38(24)41)28-13-12-26(17-33(28)44-36)42-20-31-25(7-2)22-46(42,3)34(35(31)39(47)49-4)18-30-27-10-8-9-11-32(27)43-37(30)42/h7-13,17,23-24,31,34-35,38,43-44H,6,14-16,18-22H2,1-5H3/q+1/b25-7-/t23-,24+,31-,34-,35-,38+,41-,42-,46?/m1/s1. The molecule has 0 amide bonds. The Bertz CT molecular complexity index is 2150. The lowest BCUT2D eigenvalue weighted by atomic mass is 9.55. The molecule has 2 aromatic heterocycles. The van der Waals surface area contributed by atoms with Crippen LogP contribution in [0.5, 0.6) is 0 Å². The molecule has 10 atom stereocenters. The van der Waals surface area contributed by atoms with Gasteiger partial charge in [-0.15, -0.1) is 0 Å². The summed E-state index contributed by atoms with van der Waals surface area (Å²) in [4.78, 5) is 38.5. The summed E-state index contributed by atoms with van der Waals surface area (Å²) in [7, 11) is 5.52. The number of nitrogens with one attached hydrogen (secondary N) is 2. The lowest BCUT2D eigenvalue weighted by Gasteiger charge is -2.67. The van der Waals surface area contributed by atoms with Gasteiger partial charge < -0.3 is 23.9 Å². The molecule has 0 spiro atoms. The van der Waals surface area contributed by atoms with E-state index in [0.29, 0.717) is 11.8 Å². The molecule has 8 heteroatoms. The summed E-state index contributed by atoms with van der Waals surface area (Å²) in [6.45, 7) is 7.38. The molecule has 9 heterocycles. The maximum atomic E-state index is 14.2. The number of aromatic amines is 2. The van der Waals surface area contributed by atoms with Gasteiger partial charge in [-0.05, 0) is 66.9 Å². The van der Waals surface area contributed by atoms with Crippen LogP contribution in [0.1, 0.15) is 67.6 Å². The van der Waals surface area contributed by atoms with E-state index in [1.807, 2.05) is 0 Å². The minimum absolute atomic E-state index is 0.0804. The molecule has 6 fully saturated rings. The van der Waals surface area contributed by atoms with Crippen LogP contribution in [0.2, 0.25) is 0 Å². The number of carbonyl (C=O) groups excluding carboxylic acids is 2. The number of esters is 2. The predicted octanol–water partition coefficient (Wildman–Crippen LogP) is 6.12. The van der Waals surface area contributed by atoms with Gasteiger partial charge in [-0.25, -0.2) is 0 Å². The van der Waals surface area contributed by atoms with Crippen LogP contribution in [-0.2, 0) is 42.9 Å². The van der Waals surface area contributed by atoms with Gasteiger partial charge in [0, 0.05) is 71.0 Å². The summed E-state index contributed by atoms with van der Waals surface area (Å²) < 4.78 is 12.0. The molecule has 50 heavy (non-hydrogen) atoms. The molecule has 2 N–H and O–H groups in total. The van der Waals surface area contributed by atoms with Crippen LogP contribution >= 0.6 is 0 Å². The Hall–Kier alpha value is -3.88. The van der Waals surface area contributed by atoms with Crippen molar-refractivity contribution < 1.29 is 23.5 Å². The largest absolute Gasteiger partial charge is 0.469 e. The first-order valence-corrected chi connectivity index (χ1v) is 18.9. The normalized spacial score (nSPS) is 38.6. The molecular formula is C42H49N4O4+. The number of nitrogens with zero attached hydrogens (tertiary/aromatic N) is 2. The Balaban J connectivity index is 1.21.